The van der Waals surface area contributed by atoms with Gasteiger partial charge < -0.3 is 5.73 Å². The van der Waals surface area contributed by atoms with Gasteiger partial charge in [-0.2, -0.15) is 0 Å². The average Bonchev–Trinajstić information content (AvgIpc) is 3.02. The summed E-state index contributed by atoms with van der Waals surface area (Å²) in [5.41, 5.74) is 8.20. The molecular formula is C16H15ClN2S. The molecule has 0 saturated heterocycles. The number of nitrogens with zero attached hydrogens (tertiary/aromatic N) is 1. The van der Waals surface area contributed by atoms with Gasteiger partial charge in [-0.15, -0.1) is 23.7 Å². The molecule has 1 saturated carbocycles. The van der Waals surface area contributed by atoms with Gasteiger partial charge in [0.15, 0.2) is 0 Å². The molecule has 1 aromatic carbocycles. The molecule has 0 radical (unpaired) electrons. The number of pyridine rings is 1. The number of hydrogen-bond acceptors (Lipinski definition) is 3. The highest BCUT2D eigenvalue weighted by molar-refractivity contribution is 7.22. The van der Waals surface area contributed by atoms with E-state index in [1.807, 2.05) is 6.20 Å². The van der Waals surface area contributed by atoms with E-state index in [9.17, 15) is 0 Å². The number of benzene rings is 1. The van der Waals surface area contributed by atoms with Crippen molar-refractivity contribution in [2.45, 2.75) is 18.4 Å². The second-order valence-corrected chi connectivity index (χ2v) is 6.22. The lowest BCUT2D eigenvalue weighted by Crippen LogP contribution is -2.01. The quantitative estimate of drug-likeness (QED) is 0.770. The van der Waals surface area contributed by atoms with Gasteiger partial charge in [-0.25, -0.2) is 0 Å². The van der Waals surface area contributed by atoms with E-state index in [0.717, 1.165) is 12.1 Å². The lowest BCUT2D eigenvalue weighted by atomic mass is 10.1. The molecule has 2 aromatic heterocycles. The smallest absolute Gasteiger partial charge is 0.0802 e. The zero-order chi connectivity index (χ0) is 12.8. The van der Waals surface area contributed by atoms with Crippen molar-refractivity contribution in [2.24, 2.45) is 5.73 Å². The van der Waals surface area contributed by atoms with Crippen LogP contribution in [0.5, 0.6) is 0 Å². The van der Waals surface area contributed by atoms with Crippen LogP contribution >= 0.6 is 23.7 Å². The van der Waals surface area contributed by atoms with Crippen molar-refractivity contribution in [1.82, 2.24) is 4.98 Å². The van der Waals surface area contributed by atoms with E-state index >= 15 is 0 Å². The monoisotopic (exact) mass is 302 g/mol. The molecule has 0 spiro atoms. The van der Waals surface area contributed by atoms with E-state index in [4.69, 9.17) is 5.73 Å². The molecule has 0 aliphatic heterocycles. The molecule has 0 bridgehead atoms. The Morgan fingerprint density at radius 3 is 2.60 bits per heavy atom. The highest BCUT2D eigenvalue weighted by atomic mass is 35.5. The molecule has 1 aliphatic rings. The van der Waals surface area contributed by atoms with Crippen LogP contribution in [0.25, 0.3) is 20.7 Å². The topological polar surface area (TPSA) is 38.9 Å². The minimum Gasteiger partial charge on any atom is -0.327 e. The van der Waals surface area contributed by atoms with Crippen LogP contribution in [0, 0.1) is 0 Å². The van der Waals surface area contributed by atoms with Crippen molar-refractivity contribution >= 4 is 33.8 Å². The molecule has 2 heterocycles. The maximum absolute atomic E-state index is 5.87. The van der Waals surface area contributed by atoms with E-state index < -0.39 is 0 Å². The second kappa shape index (κ2) is 5.17. The molecule has 2 nitrogen and oxygen atoms in total. The summed E-state index contributed by atoms with van der Waals surface area (Å²) in [4.78, 5) is 5.82. The molecule has 20 heavy (non-hydrogen) atoms. The predicted octanol–water partition coefficient (Wildman–Crippen LogP) is 4.20. The van der Waals surface area contributed by atoms with Gasteiger partial charge in [-0.3, -0.25) is 4.98 Å². The van der Waals surface area contributed by atoms with Crippen LogP contribution in [-0.4, -0.2) is 11.0 Å². The molecule has 4 heteroatoms. The van der Waals surface area contributed by atoms with E-state index in [1.54, 1.807) is 11.3 Å². The Hall–Kier alpha value is -1.42. The third-order valence-electron chi connectivity index (χ3n) is 3.73. The molecule has 1 aliphatic carbocycles. The van der Waals surface area contributed by atoms with E-state index in [-0.39, 0.29) is 12.4 Å². The zero-order valence-electron chi connectivity index (χ0n) is 10.8. The number of hydrogen-bond donors (Lipinski definition) is 1. The number of fused-ring (bicyclic) bond motifs is 1. The lowest BCUT2D eigenvalue weighted by Gasteiger charge is -2.00. The Balaban J connectivity index is 0.00000121. The Morgan fingerprint density at radius 2 is 1.95 bits per heavy atom. The summed E-state index contributed by atoms with van der Waals surface area (Å²) in [5, 5.41) is 1.29. The van der Waals surface area contributed by atoms with Crippen molar-refractivity contribution in [3.63, 3.8) is 0 Å². The maximum atomic E-state index is 5.87. The fourth-order valence-corrected chi connectivity index (χ4v) is 3.52. The molecule has 0 amide bonds. The van der Waals surface area contributed by atoms with E-state index in [0.29, 0.717) is 12.0 Å². The first-order valence-electron chi connectivity index (χ1n) is 6.52. The first-order valence-corrected chi connectivity index (χ1v) is 7.33. The van der Waals surface area contributed by atoms with E-state index in [1.165, 1.54) is 20.5 Å². The van der Waals surface area contributed by atoms with Crippen LogP contribution < -0.4 is 5.73 Å². The van der Waals surface area contributed by atoms with Gasteiger partial charge in [-0.05, 0) is 35.6 Å². The van der Waals surface area contributed by atoms with Crippen molar-refractivity contribution in [3.05, 3.63) is 54.2 Å². The van der Waals surface area contributed by atoms with Crippen LogP contribution in [0.4, 0.5) is 0 Å². The Kier molecular flexibility index (Phi) is 3.50. The van der Waals surface area contributed by atoms with Gasteiger partial charge in [-0.1, -0.05) is 24.3 Å². The summed E-state index contributed by atoms with van der Waals surface area (Å²) in [5.74, 6) is 0.531. The summed E-state index contributed by atoms with van der Waals surface area (Å²) in [6.45, 7) is 0. The molecule has 4 rings (SSSR count). The Labute approximate surface area is 128 Å². The highest BCUT2D eigenvalue weighted by Crippen LogP contribution is 2.39. The van der Waals surface area contributed by atoms with Crippen LogP contribution in [0.15, 0.2) is 48.7 Å². The average molecular weight is 303 g/mol. The molecule has 3 aromatic rings. The molecule has 2 N–H and O–H groups in total. The standard InChI is InChI=1S/C16H14N2S.ClH/c17-13-8-12(13)11-5-6-14(18-9-11)16-7-10-3-1-2-4-15(10)19-16;/h1-7,9,12-13H,8,17H2;1H/t12-,13+;/m0./s1. The summed E-state index contributed by atoms with van der Waals surface area (Å²) >= 11 is 1.79. The number of rotatable bonds is 2. The summed E-state index contributed by atoms with van der Waals surface area (Å²) in [6, 6.07) is 15.3. The predicted molar refractivity (Wildman–Crippen MR) is 87.6 cm³/mol. The number of thiophene rings is 1. The second-order valence-electron chi connectivity index (χ2n) is 5.13. The molecular weight excluding hydrogens is 288 g/mol. The van der Waals surface area contributed by atoms with Gasteiger partial charge in [0.1, 0.15) is 0 Å². The lowest BCUT2D eigenvalue weighted by molar-refractivity contribution is 0.981. The number of nitrogens with two attached hydrogens (primary N) is 1. The fraction of sp³-hybridized carbons (Fsp3) is 0.188. The largest absolute Gasteiger partial charge is 0.327 e. The summed E-state index contributed by atoms with van der Waals surface area (Å²) in [7, 11) is 0. The Morgan fingerprint density at radius 1 is 1.15 bits per heavy atom. The van der Waals surface area contributed by atoms with Gasteiger partial charge in [0.05, 0.1) is 10.6 Å². The Bertz CT molecular complexity index is 703. The summed E-state index contributed by atoms with van der Waals surface area (Å²) < 4.78 is 1.31. The van der Waals surface area contributed by atoms with Crippen molar-refractivity contribution in [2.75, 3.05) is 0 Å². The minimum atomic E-state index is 0. The van der Waals surface area contributed by atoms with Crippen LogP contribution in [-0.2, 0) is 0 Å². The third kappa shape index (κ3) is 2.33. The van der Waals surface area contributed by atoms with Gasteiger partial charge >= 0.3 is 0 Å². The van der Waals surface area contributed by atoms with E-state index in [2.05, 4.69) is 47.4 Å². The van der Waals surface area contributed by atoms with Gasteiger partial charge in [0.25, 0.3) is 0 Å². The van der Waals surface area contributed by atoms with Crippen LogP contribution in [0.1, 0.15) is 17.9 Å². The highest BCUT2D eigenvalue weighted by Gasteiger charge is 2.34. The fourth-order valence-electron chi connectivity index (χ4n) is 2.48. The number of halogens is 1. The van der Waals surface area contributed by atoms with Crippen LogP contribution in [0.3, 0.4) is 0 Å². The molecule has 102 valence electrons. The van der Waals surface area contributed by atoms with Crippen molar-refractivity contribution in [1.29, 1.82) is 0 Å². The van der Waals surface area contributed by atoms with Gasteiger partial charge in [0, 0.05) is 22.9 Å². The van der Waals surface area contributed by atoms with Crippen molar-refractivity contribution < 1.29 is 0 Å². The van der Waals surface area contributed by atoms with Crippen molar-refractivity contribution in [3.8, 4) is 10.6 Å². The normalized spacial score (nSPS) is 20.6. The maximum Gasteiger partial charge on any atom is 0.0802 e. The molecule has 1 fully saturated rings. The third-order valence-corrected chi connectivity index (χ3v) is 4.87. The first kappa shape index (κ1) is 13.6. The molecule has 0 unspecified atom stereocenters. The SMILES string of the molecule is Cl.N[C@@H]1C[C@H]1c1ccc(-c2cc3ccccc3s2)nc1. The van der Waals surface area contributed by atoms with Gasteiger partial charge in [0.2, 0.25) is 0 Å². The van der Waals surface area contributed by atoms with Crippen LogP contribution in [0.2, 0.25) is 0 Å². The first-order chi connectivity index (χ1) is 9.31. The molecule has 2 atom stereocenters. The zero-order valence-corrected chi connectivity index (χ0v) is 12.5. The minimum absolute atomic E-state index is 0. The number of aromatic nitrogens is 1. The summed E-state index contributed by atoms with van der Waals surface area (Å²) in [6.07, 6.45) is 3.08.